The van der Waals surface area contributed by atoms with Crippen molar-refractivity contribution in [3.63, 3.8) is 0 Å². The standard InChI is InChI=1S/C15H17N3O2S/c1-9-5-4-6-12(7-9)16-8-13(20)18-15-17-10(2)14(21-15)11(3)19/h4-7,16H,8H2,1-3H3,(H,17,18,20). The van der Waals surface area contributed by atoms with Gasteiger partial charge in [-0.3, -0.25) is 9.59 Å². The van der Waals surface area contributed by atoms with Crippen LogP contribution in [0.3, 0.4) is 0 Å². The molecule has 0 aliphatic heterocycles. The van der Waals surface area contributed by atoms with E-state index in [9.17, 15) is 9.59 Å². The summed E-state index contributed by atoms with van der Waals surface area (Å²) in [6, 6.07) is 7.79. The summed E-state index contributed by atoms with van der Waals surface area (Å²) in [5.74, 6) is -0.233. The molecule has 1 heterocycles. The van der Waals surface area contributed by atoms with Crippen LogP contribution in [0.4, 0.5) is 10.8 Å². The van der Waals surface area contributed by atoms with Gasteiger partial charge < -0.3 is 10.6 Å². The maximum atomic E-state index is 11.9. The number of hydrogen-bond donors (Lipinski definition) is 2. The number of rotatable bonds is 5. The topological polar surface area (TPSA) is 71.1 Å². The molecule has 2 N–H and O–H groups in total. The lowest BCUT2D eigenvalue weighted by Gasteiger charge is -2.06. The van der Waals surface area contributed by atoms with E-state index in [1.807, 2.05) is 31.2 Å². The van der Waals surface area contributed by atoms with Crippen molar-refractivity contribution >= 4 is 33.8 Å². The second-order valence-corrected chi connectivity index (χ2v) is 5.76. The fourth-order valence-electron chi connectivity index (χ4n) is 1.88. The number of hydrogen-bond acceptors (Lipinski definition) is 5. The minimum atomic E-state index is -0.194. The lowest BCUT2D eigenvalue weighted by atomic mass is 10.2. The highest BCUT2D eigenvalue weighted by Crippen LogP contribution is 2.22. The Bertz CT molecular complexity index is 679. The van der Waals surface area contributed by atoms with E-state index >= 15 is 0 Å². The number of thiazole rings is 1. The number of ketones is 1. The lowest BCUT2D eigenvalue weighted by molar-refractivity contribution is -0.114. The largest absolute Gasteiger partial charge is 0.376 e. The molecule has 0 bridgehead atoms. The van der Waals surface area contributed by atoms with Crippen LogP contribution in [0.1, 0.15) is 27.9 Å². The van der Waals surface area contributed by atoms with Gasteiger partial charge in [-0.1, -0.05) is 23.5 Å². The van der Waals surface area contributed by atoms with Gasteiger partial charge in [-0.05, 0) is 31.5 Å². The maximum absolute atomic E-state index is 11.9. The highest BCUT2D eigenvalue weighted by molar-refractivity contribution is 7.17. The summed E-state index contributed by atoms with van der Waals surface area (Å²) in [5, 5.41) is 6.20. The molecular weight excluding hydrogens is 286 g/mol. The summed E-state index contributed by atoms with van der Waals surface area (Å²) in [6.07, 6.45) is 0. The van der Waals surface area contributed by atoms with Crippen LogP contribution >= 0.6 is 11.3 Å². The molecule has 21 heavy (non-hydrogen) atoms. The third-order valence-electron chi connectivity index (χ3n) is 2.83. The Labute approximate surface area is 127 Å². The van der Waals surface area contributed by atoms with Gasteiger partial charge in [0.05, 0.1) is 17.1 Å². The van der Waals surface area contributed by atoms with E-state index in [0.29, 0.717) is 15.7 Å². The fraction of sp³-hybridized carbons (Fsp3) is 0.267. The number of aromatic nitrogens is 1. The van der Waals surface area contributed by atoms with Crippen LogP contribution in [0.5, 0.6) is 0 Å². The second kappa shape index (κ2) is 6.49. The monoisotopic (exact) mass is 303 g/mol. The molecule has 0 aliphatic carbocycles. The number of carbonyl (C=O) groups excluding carboxylic acids is 2. The summed E-state index contributed by atoms with van der Waals surface area (Å²) in [7, 11) is 0. The first kappa shape index (κ1) is 15.2. The van der Waals surface area contributed by atoms with Gasteiger partial charge in [0.15, 0.2) is 10.9 Å². The van der Waals surface area contributed by atoms with Crippen molar-refractivity contribution in [2.75, 3.05) is 17.2 Å². The number of nitrogens with zero attached hydrogens (tertiary/aromatic N) is 1. The van der Waals surface area contributed by atoms with Crippen LogP contribution in [0, 0.1) is 13.8 Å². The van der Waals surface area contributed by atoms with Crippen molar-refractivity contribution in [3.05, 3.63) is 40.4 Å². The molecule has 2 rings (SSSR count). The van der Waals surface area contributed by atoms with Crippen LogP contribution in [-0.2, 0) is 4.79 Å². The zero-order valence-corrected chi connectivity index (χ0v) is 13.0. The predicted octanol–water partition coefficient (Wildman–Crippen LogP) is 3.01. The number of Topliss-reactive ketones (excluding diaryl/α,β-unsaturated/α-hetero) is 1. The molecule has 110 valence electrons. The van der Waals surface area contributed by atoms with E-state index in [2.05, 4.69) is 15.6 Å². The van der Waals surface area contributed by atoms with Gasteiger partial charge in [0.25, 0.3) is 0 Å². The smallest absolute Gasteiger partial charge is 0.245 e. The van der Waals surface area contributed by atoms with Gasteiger partial charge in [0, 0.05) is 12.6 Å². The molecule has 0 saturated heterocycles. The van der Waals surface area contributed by atoms with Gasteiger partial charge in [0.2, 0.25) is 5.91 Å². The lowest BCUT2D eigenvalue weighted by Crippen LogP contribution is -2.21. The molecule has 0 radical (unpaired) electrons. The fourth-order valence-corrected chi connectivity index (χ4v) is 2.76. The maximum Gasteiger partial charge on any atom is 0.245 e. The van der Waals surface area contributed by atoms with Crippen molar-refractivity contribution < 1.29 is 9.59 Å². The molecular formula is C15H17N3O2S. The Balaban J connectivity index is 1.93. The Morgan fingerprint density at radius 3 is 2.67 bits per heavy atom. The van der Waals surface area contributed by atoms with E-state index < -0.39 is 0 Å². The number of benzene rings is 1. The van der Waals surface area contributed by atoms with E-state index in [4.69, 9.17) is 0 Å². The summed E-state index contributed by atoms with van der Waals surface area (Å²) in [4.78, 5) is 28.0. The Hall–Kier alpha value is -2.21. The molecule has 0 fully saturated rings. The second-order valence-electron chi connectivity index (χ2n) is 4.76. The molecule has 5 nitrogen and oxygen atoms in total. The third kappa shape index (κ3) is 4.13. The molecule has 1 aromatic heterocycles. The summed E-state index contributed by atoms with van der Waals surface area (Å²) in [5.41, 5.74) is 2.67. The SMILES string of the molecule is CC(=O)c1sc(NC(=O)CNc2cccc(C)c2)nc1C. The zero-order valence-electron chi connectivity index (χ0n) is 12.2. The van der Waals surface area contributed by atoms with Crippen molar-refractivity contribution in [2.24, 2.45) is 0 Å². The Morgan fingerprint density at radius 1 is 1.29 bits per heavy atom. The van der Waals surface area contributed by atoms with Gasteiger partial charge >= 0.3 is 0 Å². The molecule has 0 spiro atoms. The first-order chi connectivity index (χ1) is 9.95. The molecule has 1 aromatic carbocycles. The van der Waals surface area contributed by atoms with Crippen LogP contribution in [0.2, 0.25) is 0 Å². The average molecular weight is 303 g/mol. The van der Waals surface area contributed by atoms with Crippen molar-refractivity contribution in [1.29, 1.82) is 0 Å². The Morgan fingerprint density at radius 2 is 2.05 bits per heavy atom. The minimum absolute atomic E-state index is 0.0385. The minimum Gasteiger partial charge on any atom is -0.376 e. The quantitative estimate of drug-likeness (QED) is 0.833. The van der Waals surface area contributed by atoms with Crippen molar-refractivity contribution in [3.8, 4) is 0 Å². The summed E-state index contributed by atoms with van der Waals surface area (Å²) in [6.45, 7) is 5.39. The molecule has 0 aliphatic rings. The molecule has 0 atom stereocenters. The molecule has 2 aromatic rings. The highest BCUT2D eigenvalue weighted by atomic mass is 32.1. The summed E-state index contributed by atoms with van der Waals surface area (Å²) >= 11 is 1.20. The van der Waals surface area contributed by atoms with Gasteiger partial charge in [-0.25, -0.2) is 4.98 Å². The number of amides is 1. The van der Waals surface area contributed by atoms with Crippen LogP contribution in [0.25, 0.3) is 0 Å². The van der Waals surface area contributed by atoms with Crippen LogP contribution in [-0.4, -0.2) is 23.2 Å². The first-order valence-electron chi connectivity index (χ1n) is 6.54. The predicted molar refractivity (Wildman–Crippen MR) is 85.2 cm³/mol. The molecule has 0 saturated carbocycles. The summed E-state index contributed by atoms with van der Waals surface area (Å²) < 4.78 is 0. The van der Waals surface area contributed by atoms with Gasteiger partial charge in [-0.15, -0.1) is 0 Å². The highest BCUT2D eigenvalue weighted by Gasteiger charge is 2.13. The van der Waals surface area contributed by atoms with E-state index in [0.717, 1.165) is 11.3 Å². The number of anilines is 2. The van der Waals surface area contributed by atoms with Crippen LogP contribution < -0.4 is 10.6 Å². The Kier molecular flexibility index (Phi) is 4.70. The average Bonchev–Trinajstić information content (AvgIpc) is 2.77. The van der Waals surface area contributed by atoms with Crippen molar-refractivity contribution in [2.45, 2.75) is 20.8 Å². The van der Waals surface area contributed by atoms with Crippen LogP contribution in [0.15, 0.2) is 24.3 Å². The normalized spacial score (nSPS) is 10.2. The third-order valence-corrected chi connectivity index (χ3v) is 4.01. The number of aryl methyl sites for hydroxylation is 2. The zero-order chi connectivity index (χ0) is 15.4. The molecule has 6 heteroatoms. The van der Waals surface area contributed by atoms with E-state index in [-0.39, 0.29) is 18.2 Å². The van der Waals surface area contributed by atoms with Gasteiger partial charge in [0.1, 0.15) is 0 Å². The number of carbonyl (C=O) groups is 2. The molecule has 0 unspecified atom stereocenters. The molecule has 1 amide bonds. The van der Waals surface area contributed by atoms with Crippen molar-refractivity contribution in [1.82, 2.24) is 4.98 Å². The first-order valence-corrected chi connectivity index (χ1v) is 7.36. The van der Waals surface area contributed by atoms with Gasteiger partial charge in [-0.2, -0.15) is 0 Å². The van der Waals surface area contributed by atoms with E-state index in [1.165, 1.54) is 18.3 Å². The number of nitrogens with one attached hydrogen (secondary N) is 2. The van der Waals surface area contributed by atoms with E-state index in [1.54, 1.807) is 6.92 Å².